The number of nitrogens with zero attached hydrogens (tertiary/aromatic N) is 1. The third kappa shape index (κ3) is 2.34. The summed E-state index contributed by atoms with van der Waals surface area (Å²) >= 11 is 12.7. The van der Waals surface area contributed by atoms with E-state index in [1.54, 1.807) is 12.1 Å². The first-order valence-corrected chi connectivity index (χ1v) is 7.43. The molecule has 0 atom stereocenters. The van der Waals surface area contributed by atoms with Gasteiger partial charge in [0.1, 0.15) is 0 Å². The third-order valence-electron chi connectivity index (χ3n) is 3.66. The average molecular weight is 307 g/mol. The highest BCUT2D eigenvalue weighted by Gasteiger charge is 2.22. The Kier molecular flexibility index (Phi) is 3.53. The van der Waals surface area contributed by atoms with Crippen molar-refractivity contribution in [1.29, 1.82) is 0 Å². The van der Waals surface area contributed by atoms with Gasteiger partial charge >= 0.3 is 0 Å². The van der Waals surface area contributed by atoms with Crippen molar-refractivity contribution >= 4 is 40.3 Å². The Bertz CT molecular complexity index is 645. The second kappa shape index (κ2) is 5.19. The summed E-state index contributed by atoms with van der Waals surface area (Å²) in [6.45, 7) is 3.03. The van der Waals surface area contributed by atoms with Crippen molar-refractivity contribution in [2.75, 3.05) is 17.2 Å². The van der Waals surface area contributed by atoms with Crippen molar-refractivity contribution in [3.05, 3.63) is 51.5 Å². The fourth-order valence-corrected chi connectivity index (χ4v) is 3.51. The molecule has 0 aromatic heterocycles. The largest absolute Gasteiger partial charge is 0.399 e. The van der Waals surface area contributed by atoms with E-state index in [1.807, 2.05) is 0 Å². The summed E-state index contributed by atoms with van der Waals surface area (Å²) in [7, 11) is 0. The van der Waals surface area contributed by atoms with Crippen LogP contribution in [0.15, 0.2) is 30.3 Å². The lowest BCUT2D eigenvalue weighted by Gasteiger charge is -2.33. The van der Waals surface area contributed by atoms with Gasteiger partial charge in [0.05, 0.1) is 15.7 Å². The quantitative estimate of drug-likeness (QED) is 0.754. The Balaban J connectivity index is 2.14. The molecule has 0 radical (unpaired) electrons. The summed E-state index contributed by atoms with van der Waals surface area (Å²) in [6, 6.07) is 10.0. The number of halogens is 2. The van der Waals surface area contributed by atoms with Crippen molar-refractivity contribution in [3.63, 3.8) is 0 Å². The molecule has 104 valence electrons. The van der Waals surface area contributed by atoms with Crippen LogP contribution in [0.5, 0.6) is 0 Å². The van der Waals surface area contributed by atoms with E-state index < -0.39 is 0 Å². The summed E-state index contributed by atoms with van der Waals surface area (Å²) in [6.07, 6.45) is 2.19. The predicted octanol–water partition coefficient (Wildman–Crippen LogP) is 4.97. The van der Waals surface area contributed by atoms with Gasteiger partial charge in [0, 0.05) is 17.9 Å². The van der Waals surface area contributed by atoms with Crippen molar-refractivity contribution in [1.82, 2.24) is 0 Å². The zero-order valence-corrected chi connectivity index (χ0v) is 12.8. The first-order valence-electron chi connectivity index (χ1n) is 6.68. The van der Waals surface area contributed by atoms with Crippen LogP contribution in [0, 0.1) is 6.92 Å². The van der Waals surface area contributed by atoms with Crippen molar-refractivity contribution in [2.24, 2.45) is 0 Å². The van der Waals surface area contributed by atoms with E-state index in [2.05, 4.69) is 30.0 Å². The van der Waals surface area contributed by atoms with Gasteiger partial charge in [-0.25, -0.2) is 0 Å². The highest BCUT2D eigenvalue weighted by molar-refractivity contribution is 6.39. The van der Waals surface area contributed by atoms with Gasteiger partial charge in [-0.05, 0) is 43.5 Å². The lowest BCUT2D eigenvalue weighted by atomic mass is 9.99. The van der Waals surface area contributed by atoms with Gasteiger partial charge in [-0.3, -0.25) is 0 Å². The highest BCUT2D eigenvalue weighted by atomic mass is 35.5. The number of rotatable bonds is 1. The highest BCUT2D eigenvalue weighted by Crippen LogP contribution is 2.42. The minimum absolute atomic E-state index is 0.588. The smallest absolute Gasteiger partial charge is 0.0791 e. The van der Waals surface area contributed by atoms with Crippen LogP contribution in [0.3, 0.4) is 0 Å². The Morgan fingerprint density at radius 3 is 2.50 bits per heavy atom. The van der Waals surface area contributed by atoms with Gasteiger partial charge in [-0.2, -0.15) is 0 Å². The molecule has 0 saturated carbocycles. The van der Waals surface area contributed by atoms with Gasteiger partial charge in [-0.1, -0.05) is 40.9 Å². The fraction of sp³-hybridized carbons (Fsp3) is 0.250. The topological polar surface area (TPSA) is 29.3 Å². The van der Waals surface area contributed by atoms with Gasteiger partial charge in [0.25, 0.3) is 0 Å². The van der Waals surface area contributed by atoms with E-state index in [4.69, 9.17) is 28.9 Å². The number of fused-ring (bicyclic) bond motifs is 1. The normalized spacial score (nSPS) is 14.2. The molecule has 0 spiro atoms. The molecule has 0 saturated heterocycles. The summed E-state index contributed by atoms with van der Waals surface area (Å²) in [5.41, 5.74) is 11.0. The summed E-state index contributed by atoms with van der Waals surface area (Å²) in [5.74, 6) is 0. The molecule has 4 heteroatoms. The van der Waals surface area contributed by atoms with Crippen molar-refractivity contribution in [2.45, 2.75) is 19.8 Å². The fourth-order valence-electron chi connectivity index (χ4n) is 2.80. The van der Waals surface area contributed by atoms with Gasteiger partial charge in [0.2, 0.25) is 0 Å². The van der Waals surface area contributed by atoms with Crippen LogP contribution < -0.4 is 10.6 Å². The Labute approximate surface area is 129 Å². The minimum atomic E-state index is 0.588. The number of benzene rings is 2. The van der Waals surface area contributed by atoms with Crippen molar-refractivity contribution < 1.29 is 0 Å². The number of nitrogen functional groups attached to an aromatic ring is 1. The molecule has 2 aromatic carbocycles. The standard InChI is InChI=1S/C16H16Cl2N2/c1-10-4-5-15-11(7-10)3-2-6-20(15)16-13(17)8-12(19)9-14(16)18/h4-5,7-9H,2-3,6,19H2,1H3. The van der Waals surface area contributed by atoms with Crippen LogP contribution in [0.25, 0.3) is 0 Å². The lowest BCUT2D eigenvalue weighted by Crippen LogP contribution is -2.25. The molecule has 0 aliphatic carbocycles. The van der Waals surface area contributed by atoms with Crippen LogP contribution in [0.4, 0.5) is 17.1 Å². The molecule has 20 heavy (non-hydrogen) atoms. The molecule has 1 heterocycles. The van der Waals surface area contributed by atoms with Gasteiger partial charge in [0.15, 0.2) is 0 Å². The number of anilines is 3. The molecule has 2 aromatic rings. The molecule has 3 rings (SSSR count). The minimum Gasteiger partial charge on any atom is -0.399 e. The van der Waals surface area contributed by atoms with Gasteiger partial charge < -0.3 is 10.6 Å². The summed E-state index contributed by atoms with van der Waals surface area (Å²) in [4.78, 5) is 2.20. The third-order valence-corrected chi connectivity index (χ3v) is 4.24. The van der Waals surface area contributed by atoms with Crippen LogP contribution in [-0.2, 0) is 6.42 Å². The van der Waals surface area contributed by atoms with E-state index in [9.17, 15) is 0 Å². The maximum absolute atomic E-state index is 6.36. The first kappa shape index (κ1) is 13.6. The average Bonchev–Trinajstić information content (AvgIpc) is 2.37. The van der Waals surface area contributed by atoms with E-state index in [1.165, 1.54) is 16.8 Å². The maximum atomic E-state index is 6.36. The monoisotopic (exact) mass is 306 g/mol. The zero-order valence-electron chi connectivity index (χ0n) is 11.3. The summed E-state index contributed by atoms with van der Waals surface area (Å²) < 4.78 is 0. The maximum Gasteiger partial charge on any atom is 0.0791 e. The van der Waals surface area contributed by atoms with Gasteiger partial charge in [-0.15, -0.1) is 0 Å². The van der Waals surface area contributed by atoms with E-state index in [0.717, 1.165) is 25.1 Å². The van der Waals surface area contributed by atoms with Crippen LogP contribution >= 0.6 is 23.2 Å². The predicted molar refractivity (Wildman–Crippen MR) is 87.4 cm³/mol. The first-order chi connectivity index (χ1) is 9.56. The molecule has 1 aliphatic rings. The van der Waals surface area contributed by atoms with E-state index >= 15 is 0 Å². The number of aryl methyl sites for hydroxylation is 2. The molecule has 2 nitrogen and oxygen atoms in total. The molecule has 0 unspecified atom stereocenters. The SMILES string of the molecule is Cc1ccc2c(c1)CCCN2c1c(Cl)cc(N)cc1Cl. The number of hydrogen-bond acceptors (Lipinski definition) is 2. The molecule has 0 amide bonds. The second-order valence-electron chi connectivity index (χ2n) is 5.22. The van der Waals surface area contributed by atoms with Crippen LogP contribution in [-0.4, -0.2) is 6.54 Å². The molecule has 2 N–H and O–H groups in total. The van der Waals surface area contributed by atoms with E-state index in [-0.39, 0.29) is 0 Å². The van der Waals surface area contributed by atoms with Crippen LogP contribution in [0.2, 0.25) is 10.0 Å². The Hall–Kier alpha value is -1.38. The molecular weight excluding hydrogens is 291 g/mol. The summed E-state index contributed by atoms with van der Waals surface area (Å²) in [5, 5.41) is 1.20. The zero-order chi connectivity index (χ0) is 14.3. The molecular formula is C16H16Cl2N2. The molecule has 1 aliphatic heterocycles. The molecule has 0 bridgehead atoms. The lowest BCUT2D eigenvalue weighted by molar-refractivity contribution is 0.766. The molecule has 0 fully saturated rings. The van der Waals surface area contributed by atoms with Crippen molar-refractivity contribution in [3.8, 4) is 0 Å². The Morgan fingerprint density at radius 2 is 1.80 bits per heavy atom. The van der Waals surface area contributed by atoms with Crippen LogP contribution in [0.1, 0.15) is 17.5 Å². The second-order valence-corrected chi connectivity index (χ2v) is 6.03. The van der Waals surface area contributed by atoms with E-state index in [0.29, 0.717) is 15.7 Å². The number of hydrogen-bond donors (Lipinski definition) is 1. The Morgan fingerprint density at radius 1 is 1.10 bits per heavy atom. The number of nitrogens with two attached hydrogens (primary N) is 1.